The van der Waals surface area contributed by atoms with Gasteiger partial charge in [0.1, 0.15) is 5.65 Å². The average molecular weight is 280 g/mol. The Morgan fingerprint density at radius 1 is 1.14 bits per heavy atom. The molecule has 0 aliphatic carbocycles. The van der Waals surface area contributed by atoms with Gasteiger partial charge in [-0.1, -0.05) is 0 Å². The van der Waals surface area contributed by atoms with Crippen LogP contribution in [-0.2, 0) is 6.42 Å². The topological polar surface area (TPSA) is 59.3 Å². The van der Waals surface area contributed by atoms with Crippen LogP contribution in [0, 0.1) is 0 Å². The van der Waals surface area contributed by atoms with E-state index in [2.05, 4.69) is 15.3 Å². The Labute approximate surface area is 122 Å². The molecular formula is C16H16N4O. The summed E-state index contributed by atoms with van der Waals surface area (Å²) in [6, 6.07) is 7.62. The summed E-state index contributed by atoms with van der Waals surface area (Å²) < 4.78 is 1.84. The lowest BCUT2D eigenvalue weighted by atomic mass is 10.1. The maximum absolute atomic E-state index is 12.1. The fourth-order valence-corrected chi connectivity index (χ4v) is 2.20. The Morgan fingerprint density at radius 2 is 2.00 bits per heavy atom. The molecule has 0 atom stereocenters. The lowest BCUT2D eigenvalue weighted by Gasteiger charge is -2.06. The summed E-state index contributed by atoms with van der Waals surface area (Å²) in [4.78, 5) is 20.2. The molecule has 1 amide bonds. The van der Waals surface area contributed by atoms with Crippen LogP contribution in [0.25, 0.3) is 5.65 Å². The van der Waals surface area contributed by atoms with Gasteiger partial charge in [-0.15, -0.1) is 0 Å². The molecule has 0 bridgehead atoms. The molecule has 5 nitrogen and oxygen atoms in total. The molecule has 3 aromatic heterocycles. The first kappa shape index (κ1) is 13.3. The maximum Gasteiger partial charge on any atom is 0.252 e. The number of nitrogens with one attached hydrogen (secondary N) is 1. The molecule has 106 valence electrons. The minimum atomic E-state index is -0.0553. The summed E-state index contributed by atoms with van der Waals surface area (Å²) in [5, 5.41) is 2.94. The molecular weight excluding hydrogens is 264 g/mol. The highest BCUT2D eigenvalue weighted by molar-refractivity contribution is 5.94. The molecule has 0 radical (unpaired) electrons. The second kappa shape index (κ2) is 6.17. The zero-order valence-electron chi connectivity index (χ0n) is 11.6. The molecule has 0 saturated carbocycles. The van der Waals surface area contributed by atoms with Crippen molar-refractivity contribution in [1.29, 1.82) is 0 Å². The van der Waals surface area contributed by atoms with Crippen LogP contribution in [0.5, 0.6) is 0 Å². The first-order valence-electron chi connectivity index (χ1n) is 6.93. The van der Waals surface area contributed by atoms with Gasteiger partial charge in [-0.05, 0) is 42.7 Å². The van der Waals surface area contributed by atoms with Gasteiger partial charge in [0, 0.05) is 37.5 Å². The normalized spacial score (nSPS) is 10.7. The number of nitrogens with zero attached hydrogens (tertiary/aromatic N) is 3. The van der Waals surface area contributed by atoms with Crippen molar-refractivity contribution >= 4 is 11.6 Å². The number of aromatic nitrogens is 3. The van der Waals surface area contributed by atoms with Gasteiger partial charge in [-0.3, -0.25) is 9.78 Å². The Hall–Kier alpha value is -2.69. The Morgan fingerprint density at radius 3 is 2.86 bits per heavy atom. The van der Waals surface area contributed by atoms with Crippen molar-refractivity contribution in [2.45, 2.75) is 12.8 Å². The molecule has 0 fully saturated rings. The molecule has 0 saturated heterocycles. The highest BCUT2D eigenvalue weighted by Gasteiger charge is 2.06. The van der Waals surface area contributed by atoms with Gasteiger partial charge in [0.15, 0.2) is 0 Å². The van der Waals surface area contributed by atoms with Gasteiger partial charge in [0.2, 0.25) is 0 Å². The highest BCUT2D eigenvalue weighted by atomic mass is 16.1. The predicted molar refractivity (Wildman–Crippen MR) is 80.1 cm³/mol. The molecule has 21 heavy (non-hydrogen) atoms. The van der Waals surface area contributed by atoms with Crippen molar-refractivity contribution in [3.05, 3.63) is 66.4 Å². The number of imidazole rings is 1. The van der Waals surface area contributed by atoms with Crippen LogP contribution >= 0.6 is 0 Å². The number of aryl methyl sites for hydroxylation is 1. The molecule has 3 heterocycles. The van der Waals surface area contributed by atoms with Crippen molar-refractivity contribution in [3.63, 3.8) is 0 Å². The summed E-state index contributed by atoms with van der Waals surface area (Å²) in [5.41, 5.74) is 2.72. The van der Waals surface area contributed by atoms with E-state index in [-0.39, 0.29) is 5.91 Å². The van der Waals surface area contributed by atoms with Gasteiger partial charge in [0.05, 0.1) is 5.56 Å². The maximum atomic E-state index is 12.1. The molecule has 5 heteroatoms. The SMILES string of the molecule is O=C(NCCCc1ccncc1)c1ccc2nccn2c1. The van der Waals surface area contributed by atoms with E-state index in [1.165, 1.54) is 5.56 Å². The minimum Gasteiger partial charge on any atom is -0.352 e. The molecule has 0 aromatic carbocycles. The number of fused-ring (bicyclic) bond motifs is 1. The zero-order valence-corrected chi connectivity index (χ0v) is 11.6. The van der Waals surface area contributed by atoms with Crippen LogP contribution in [-0.4, -0.2) is 26.8 Å². The Balaban J connectivity index is 1.52. The molecule has 0 spiro atoms. The predicted octanol–water partition coefficient (Wildman–Crippen LogP) is 2.09. The van der Waals surface area contributed by atoms with E-state index in [4.69, 9.17) is 0 Å². The second-order valence-electron chi connectivity index (χ2n) is 4.83. The van der Waals surface area contributed by atoms with Gasteiger partial charge < -0.3 is 9.72 Å². The van der Waals surface area contributed by atoms with Crippen molar-refractivity contribution in [3.8, 4) is 0 Å². The van der Waals surface area contributed by atoms with Gasteiger partial charge in [-0.25, -0.2) is 4.98 Å². The number of carbonyl (C=O) groups excluding carboxylic acids is 1. The molecule has 0 aliphatic rings. The average Bonchev–Trinajstić information content (AvgIpc) is 3.00. The lowest BCUT2D eigenvalue weighted by Crippen LogP contribution is -2.25. The summed E-state index contributed by atoms with van der Waals surface area (Å²) >= 11 is 0. The van der Waals surface area contributed by atoms with E-state index >= 15 is 0 Å². The third-order valence-electron chi connectivity index (χ3n) is 3.33. The van der Waals surface area contributed by atoms with Crippen molar-refractivity contribution in [2.24, 2.45) is 0 Å². The van der Waals surface area contributed by atoms with Crippen molar-refractivity contribution in [2.75, 3.05) is 6.54 Å². The fraction of sp³-hybridized carbons (Fsp3) is 0.188. The number of carbonyl (C=O) groups is 1. The van der Waals surface area contributed by atoms with E-state index in [1.54, 1.807) is 30.9 Å². The molecule has 3 rings (SSSR count). The standard InChI is InChI=1S/C16H16N4O/c21-16(14-3-4-15-18-10-11-20(15)12-14)19-7-1-2-13-5-8-17-9-6-13/h3-6,8-12H,1-2,7H2,(H,19,21). The van der Waals surface area contributed by atoms with E-state index < -0.39 is 0 Å². The number of hydrogen-bond acceptors (Lipinski definition) is 3. The van der Waals surface area contributed by atoms with E-state index in [1.807, 2.05) is 28.8 Å². The third-order valence-corrected chi connectivity index (χ3v) is 3.33. The molecule has 0 unspecified atom stereocenters. The number of hydrogen-bond donors (Lipinski definition) is 1. The fourth-order valence-electron chi connectivity index (χ4n) is 2.20. The smallest absolute Gasteiger partial charge is 0.252 e. The second-order valence-corrected chi connectivity index (χ2v) is 4.83. The number of rotatable bonds is 5. The molecule has 1 N–H and O–H groups in total. The lowest BCUT2D eigenvalue weighted by molar-refractivity contribution is 0.0953. The van der Waals surface area contributed by atoms with Crippen LogP contribution in [0.3, 0.4) is 0 Å². The summed E-state index contributed by atoms with van der Waals surface area (Å²) in [6.45, 7) is 0.656. The Kier molecular flexibility index (Phi) is 3.91. The van der Waals surface area contributed by atoms with Crippen LogP contribution in [0.2, 0.25) is 0 Å². The largest absolute Gasteiger partial charge is 0.352 e. The van der Waals surface area contributed by atoms with E-state index in [9.17, 15) is 4.79 Å². The summed E-state index contributed by atoms with van der Waals surface area (Å²) in [5.74, 6) is -0.0553. The Bertz CT molecular complexity index is 736. The van der Waals surface area contributed by atoms with E-state index in [0.717, 1.165) is 18.5 Å². The number of pyridine rings is 2. The summed E-state index contributed by atoms with van der Waals surface area (Å²) in [6.07, 6.45) is 10.7. The van der Waals surface area contributed by atoms with E-state index in [0.29, 0.717) is 12.1 Å². The monoisotopic (exact) mass is 280 g/mol. The first-order chi connectivity index (χ1) is 10.3. The van der Waals surface area contributed by atoms with Crippen LogP contribution in [0.4, 0.5) is 0 Å². The zero-order chi connectivity index (χ0) is 14.5. The van der Waals surface area contributed by atoms with Crippen LogP contribution in [0.1, 0.15) is 22.3 Å². The quantitative estimate of drug-likeness (QED) is 0.728. The highest BCUT2D eigenvalue weighted by Crippen LogP contribution is 2.05. The van der Waals surface area contributed by atoms with Crippen LogP contribution < -0.4 is 5.32 Å². The molecule has 3 aromatic rings. The van der Waals surface area contributed by atoms with Crippen molar-refractivity contribution in [1.82, 2.24) is 19.7 Å². The van der Waals surface area contributed by atoms with Crippen molar-refractivity contribution < 1.29 is 4.79 Å². The van der Waals surface area contributed by atoms with Gasteiger partial charge >= 0.3 is 0 Å². The molecule has 0 aliphatic heterocycles. The van der Waals surface area contributed by atoms with Gasteiger partial charge in [-0.2, -0.15) is 0 Å². The van der Waals surface area contributed by atoms with Crippen LogP contribution in [0.15, 0.2) is 55.2 Å². The number of amides is 1. The minimum absolute atomic E-state index is 0.0553. The first-order valence-corrected chi connectivity index (χ1v) is 6.93. The third kappa shape index (κ3) is 3.25. The summed E-state index contributed by atoms with van der Waals surface area (Å²) in [7, 11) is 0. The van der Waals surface area contributed by atoms with Gasteiger partial charge in [0.25, 0.3) is 5.91 Å².